The number of hydrogen-bond donors (Lipinski definition) is 2. The molecule has 0 spiro atoms. The van der Waals surface area contributed by atoms with Crippen LogP contribution in [0.5, 0.6) is 0 Å². The molecule has 2 unspecified atom stereocenters. The Kier molecular flexibility index (Phi) is 5.66. The second-order valence-corrected chi connectivity index (χ2v) is 7.42. The van der Waals surface area contributed by atoms with Crippen molar-refractivity contribution in [1.29, 1.82) is 0 Å². The summed E-state index contributed by atoms with van der Waals surface area (Å²) < 4.78 is 0. The number of carbonyl (C=O) groups is 1. The number of nitrogens with zero attached hydrogens (tertiary/aromatic N) is 1. The Morgan fingerprint density at radius 2 is 2.04 bits per heavy atom. The van der Waals surface area contributed by atoms with E-state index in [0.717, 1.165) is 23.5 Å². The number of hydrogen-bond acceptors (Lipinski definition) is 4. The molecule has 1 fully saturated rings. The first-order valence-electron chi connectivity index (χ1n) is 8.40. The first kappa shape index (κ1) is 17.1. The second-order valence-electron chi connectivity index (χ2n) is 6.44. The van der Waals surface area contributed by atoms with Gasteiger partial charge in [0.25, 0.3) is 0 Å². The number of rotatable bonds is 7. The van der Waals surface area contributed by atoms with Crippen molar-refractivity contribution in [3.8, 4) is 0 Å². The number of nitrogens with one attached hydrogen (secondary N) is 1. The van der Waals surface area contributed by atoms with Crippen molar-refractivity contribution in [3.63, 3.8) is 0 Å². The van der Waals surface area contributed by atoms with Gasteiger partial charge in [-0.15, -0.1) is 11.3 Å². The largest absolute Gasteiger partial charge is 0.386 e. The molecule has 1 aromatic heterocycles. The van der Waals surface area contributed by atoms with Crippen LogP contribution in [0.4, 0.5) is 0 Å². The summed E-state index contributed by atoms with van der Waals surface area (Å²) in [4.78, 5) is 15.7. The van der Waals surface area contributed by atoms with E-state index in [-0.39, 0.29) is 11.8 Å². The summed E-state index contributed by atoms with van der Waals surface area (Å²) in [5, 5.41) is 15.7. The third-order valence-corrected chi connectivity index (χ3v) is 5.68. The first-order valence-corrected chi connectivity index (χ1v) is 9.28. The maximum atomic E-state index is 13.0. The van der Waals surface area contributed by atoms with Gasteiger partial charge in [0.2, 0.25) is 5.91 Å². The van der Waals surface area contributed by atoms with E-state index in [0.29, 0.717) is 19.0 Å². The highest BCUT2D eigenvalue weighted by atomic mass is 32.1. The monoisotopic (exact) mass is 344 g/mol. The van der Waals surface area contributed by atoms with E-state index >= 15 is 0 Å². The lowest BCUT2D eigenvalue weighted by atomic mass is 9.87. The molecule has 128 valence electrons. The average Bonchev–Trinajstić information content (AvgIpc) is 3.07. The molecule has 0 aliphatic carbocycles. The molecule has 5 heteroatoms. The molecule has 1 aliphatic rings. The van der Waals surface area contributed by atoms with Gasteiger partial charge >= 0.3 is 0 Å². The molecule has 2 N–H and O–H groups in total. The Hall–Kier alpha value is -1.69. The molecule has 0 saturated carbocycles. The van der Waals surface area contributed by atoms with Crippen molar-refractivity contribution in [3.05, 3.63) is 58.3 Å². The van der Waals surface area contributed by atoms with E-state index < -0.39 is 6.10 Å². The molecule has 4 nitrogen and oxygen atoms in total. The summed E-state index contributed by atoms with van der Waals surface area (Å²) in [6, 6.07) is 13.8. The molecule has 2 atom stereocenters. The van der Waals surface area contributed by atoms with Crippen LogP contribution in [0.3, 0.4) is 0 Å². The molecule has 1 aromatic carbocycles. The van der Waals surface area contributed by atoms with Crippen molar-refractivity contribution in [2.24, 2.45) is 11.8 Å². The van der Waals surface area contributed by atoms with Crippen molar-refractivity contribution in [1.82, 2.24) is 10.2 Å². The number of thiophene rings is 1. The topological polar surface area (TPSA) is 52.6 Å². The summed E-state index contributed by atoms with van der Waals surface area (Å²) in [5.74, 6) is 0.501. The molecule has 0 bridgehead atoms. The van der Waals surface area contributed by atoms with Gasteiger partial charge in [-0.3, -0.25) is 4.79 Å². The summed E-state index contributed by atoms with van der Waals surface area (Å²) in [7, 11) is 0. The Labute approximate surface area is 147 Å². The third kappa shape index (κ3) is 4.04. The van der Waals surface area contributed by atoms with Crippen molar-refractivity contribution < 1.29 is 9.90 Å². The molecule has 0 radical (unpaired) electrons. The minimum atomic E-state index is -0.635. The third-order valence-electron chi connectivity index (χ3n) is 4.70. The van der Waals surface area contributed by atoms with Crippen LogP contribution in [-0.2, 0) is 11.3 Å². The standard InChI is InChI=1S/C19H24N2O2S/c1-14(16-10-20-11-16)19(23)21(12-15-6-3-2-4-7-15)13-17(22)18-8-5-9-24-18/h2-9,14,16-17,20,22H,10-13H2,1H3. The molecule has 1 saturated heterocycles. The van der Waals surface area contributed by atoms with E-state index in [9.17, 15) is 9.90 Å². The highest BCUT2D eigenvalue weighted by molar-refractivity contribution is 7.10. The van der Waals surface area contributed by atoms with Crippen LogP contribution in [0.2, 0.25) is 0 Å². The smallest absolute Gasteiger partial charge is 0.226 e. The van der Waals surface area contributed by atoms with Gasteiger partial charge in [-0.05, 0) is 36.0 Å². The zero-order valence-electron chi connectivity index (χ0n) is 13.9. The van der Waals surface area contributed by atoms with E-state index in [1.165, 1.54) is 11.3 Å². The lowest BCUT2D eigenvalue weighted by Gasteiger charge is -2.35. The van der Waals surface area contributed by atoms with Crippen LogP contribution in [0.25, 0.3) is 0 Å². The predicted octanol–water partition coefficient (Wildman–Crippen LogP) is 2.67. The molecule has 24 heavy (non-hydrogen) atoms. The minimum Gasteiger partial charge on any atom is -0.386 e. The molecular formula is C19H24N2O2S. The number of carbonyl (C=O) groups excluding carboxylic acids is 1. The maximum absolute atomic E-state index is 13.0. The van der Waals surface area contributed by atoms with Crippen molar-refractivity contribution >= 4 is 17.2 Å². The van der Waals surface area contributed by atoms with E-state index in [1.54, 1.807) is 0 Å². The van der Waals surface area contributed by atoms with Gasteiger partial charge < -0.3 is 15.3 Å². The quantitative estimate of drug-likeness (QED) is 0.812. The van der Waals surface area contributed by atoms with Crippen LogP contribution < -0.4 is 5.32 Å². The lowest BCUT2D eigenvalue weighted by molar-refractivity contribution is -0.139. The fourth-order valence-electron chi connectivity index (χ4n) is 2.97. The van der Waals surface area contributed by atoms with Crippen LogP contribution in [-0.4, -0.2) is 35.5 Å². The van der Waals surface area contributed by atoms with Gasteiger partial charge in [0.15, 0.2) is 0 Å². The number of aliphatic hydroxyl groups is 1. The fraction of sp³-hybridized carbons (Fsp3) is 0.421. The lowest BCUT2D eigenvalue weighted by Crippen LogP contribution is -2.50. The van der Waals surface area contributed by atoms with Crippen molar-refractivity contribution in [2.45, 2.75) is 19.6 Å². The van der Waals surface area contributed by atoms with Gasteiger partial charge in [0.1, 0.15) is 6.10 Å². The predicted molar refractivity (Wildman–Crippen MR) is 96.7 cm³/mol. The van der Waals surface area contributed by atoms with Crippen LogP contribution in [0.15, 0.2) is 47.8 Å². The molecule has 3 rings (SSSR count). The second kappa shape index (κ2) is 7.92. The fourth-order valence-corrected chi connectivity index (χ4v) is 3.67. The molecular weight excluding hydrogens is 320 g/mol. The van der Waals surface area contributed by atoms with Crippen LogP contribution >= 0.6 is 11.3 Å². The summed E-state index contributed by atoms with van der Waals surface area (Å²) >= 11 is 1.52. The highest BCUT2D eigenvalue weighted by Crippen LogP contribution is 2.24. The van der Waals surface area contributed by atoms with E-state index in [1.807, 2.05) is 59.7 Å². The minimum absolute atomic E-state index is 0.0227. The average molecular weight is 344 g/mol. The Morgan fingerprint density at radius 3 is 2.62 bits per heavy atom. The normalized spacial score (nSPS) is 17.1. The molecule has 2 heterocycles. The zero-order chi connectivity index (χ0) is 16.9. The van der Waals surface area contributed by atoms with Gasteiger partial charge in [0, 0.05) is 17.3 Å². The Balaban J connectivity index is 1.73. The SMILES string of the molecule is CC(C(=O)N(Cc1ccccc1)CC(O)c1cccs1)C1CNC1. The zero-order valence-corrected chi connectivity index (χ0v) is 14.7. The molecule has 1 aliphatic heterocycles. The van der Waals surface area contributed by atoms with Gasteiger partial charge in [0.05, 0.1) is 6.54 Å². The van der Waals surface area contributed by atoms with Gasteiger partial charge in [-0.2, -0.15) is 0 Å². The summed E-state index contributed by atoms with van der Waals surface area (Å²) in [6.07, 6.45) is -0.635. The molecule has 1 amide bonds. The van der Waals surface area contributed by atoms with Gasteiger partial charge in [-0.25, -0.2) is 0 Å². The summed E-state index contributed by atoms with van der Waals surface area (Å²) in [6.45, 7) is 4.67. The number of benzene rings is 1. The summed E-state index contributed by atoms with van der Waals surface area (Å²) in [5.41, 5.74) is 1.09. The van der Waals surface area contributed by atoms with Crippen LogP contribution in [0, 0.1) is 11.8 Å². The Bertz CT molecular complexity index is 641. The van der Waals surface area contributed by atoms with Crippen molar-refractivity contribution in [2.75, 3.05) is 19.6 Å². The Morgan fingerprint density at radius 1 is 1.29 bits per heavy atom. The van der Waals surface area contributed by atoms with Gasteiger partial charge in [-0.1, -0.05) is 43.3 Å². The highest BCUT2D eigenvalue weighted by Gasteiger charge is 2.32. The van der Waals surface area contributed by atoms with E-state index in [2.05, 4.69) is 5.32 Å². The maximum Gasteiger partial charge on any atom is 0.226 e. The first-order chi connectivity index (χ1) is 11.6. The number of aliphatic hydroxyl groups excluding tert-OH is 1. The van der Waals surface area contributed by atoms with E-state index in [4.69, 9.17) is 0 Å². The van der Waals surface area contributed by atoms with Crippen LogP contribution in [0.1, 0.15) is 23.5 Å². The number of amides is 1. The molecule has 2 aromatic rings.